The largest absolute Gasteiger partial charge is 0.495 e. The summed E-state index contributed by atoms with van der Waals surface area (Å²) in [4.78, 5) is 10.6. The zero-order valence-electron chi connectivity index (χ0n) is 10.8. The van der Waals surface area contributed by atoms with Crippen LogP contribution in [0.2, 0.25) is 0 Å². The average molecular weight is 299 g/mol. The molecule has 0 N–H and O–H groups in total. The smallest absolute Gasteiger partial charge is 0.136 e. The highest BCUT2D eigenvalue weighted by Gasteiger charge is 2.15. The molecule has 0 aliphatic heterocycles. The molecule has 0 fully saturated rings. The van der Waals surface area contributed by atoms with Crippen LogP contribution >= 0.6 is 15.9 Å². The summed E-state index contributed by atoms with van der Waals surface area (Å²) in [6, 6.07) is 4.18. The van der Waals surface area contributed by atoms with Crippen molar-refractivity contribution in [1.29, 1.82) is 0 Å². The Bertz CT molecular complexity index is 399. The second-order valence-corrected chi connectivity index (χ2v) is 5.44. The Morgan fingerprint density at radius 2 is 2.00 bits per heavy atom. The molecule has 3 heteroatoms. The summed E-state index contributed by atoms with van der Waals surface area (Å²) in [7, 11) is 1.68. The zero-order valence-corrected chi connectivity index (χ0v) is 12.4. The summed E-state index contributed by atoms with van der Waals surface area (Å²) >= 11 is 3.53. The van der Waals surface area contributed by atoms with Gasteiger partial charge in [0.05, 0.1) is 11.6 Å². The van der Waals surface area contributed by atoms with E-state index >= 15 is 0 Å². The average Bonchev–Trinajstić information content (AvgIpc) is 2.28. The van der Waals surface area contributed by atoms with Crippen molar-refractivity contribution in [2.24, 2.45) is 0 Å². The topological polar surface area (TPSA) is 26.3 Å². The third-order valence-electron chi connectivity index (χ3n) is 2.94. The molecule has 0 spiro atoms. The van der Waals surface area contributed by atoms with E-state index in [4.69, 9.17) is 4.74 Å². The first kappa shape index (κ1) is 14.2. The van der Waals surface area contributed by atoms with Gasteiger partial charge in [-0.15, -0.1) is 0 Å². The molecule has 94 valence electrons. The van der Waals surface area contributed by atoms with Gasteiger partial charge in [-0.3, -0.25) is 0 Å². The molecule has 0 radical (unpaired) electrons. The number of rotatable bonds is 5. The van der Waals surface area contributed by atoms with Crippen LogP contribution in [-0.4, -0.2) is 13.4 Å². The van der Waals surface area contributed by atoms with Crippen molar-refractivity contribution in [2.45, 2.75) is 39.0 Å². The lowest BCUT2D eigenvalue weighted by Crippen LogP contribution is -2.01. The predicted molar refractivity (Wildman–Crippen MR) is 73.9 cm³/mol. The summed E-state index contributed by atoms with van der Waals surface area (Å²) in [6.07, 6.45) is 1.52. The van der Waals surface area contributed by atoms with Gasteiger partial charge in [-0.1, -0.05) is 26.8 Å². The third kappa shape index (κ3) is 3.32. The van der Waals surface area contributed by atoms with Gasteiger partial charge in [-0.05, 0) is 45.0 Å². The lowest BCUT2D eigenvalue weighted by molar-refractivity contribution is -0.108. The molecule has 1 aromatic rings. The standard InChI is InChI=1S/C14H19BrO2/c1-9(2)12-7-11(10(3)5-6-16)8-13(15)14(12)17-4/h6-10H,5H2,1-4H3. The molecule has 0 aliphatic carbocycles. The molecule has 17 heavy (non-hydrogen) atoms. The first-order valence-electron chi connectivity index (χ1n) is 5.82. The van der Waals surface area contributed by atoms with Crippen LogP contribution in [0.3, 0.4) is 0 Å². The van der Waals surface area contributed by atoms with Gasteiger partial charge in [0.25, 0.3) is 0 Å². The van der Waals surface area contributed by atoms with Gasteiger partial charge in [0, 0.05) is 6.42 Å². The lowest BCUT2D eigenvalue weighted by atomic mass is 9.92. The Hall–Kier alpha value is -0.830. The molecule has 0 aliphatic rings. The number of aldehydes is 1. The number of carbonyl (C=O) groups is 1. The number of benzene rings is 1. The highest BCUT2D eigenvalue weighted by molar-refractivity contribution is 9.10. The van der Waals surface area contributed by atoms with E-state index in [0.29, 0.717) is 12.3 Å². The van der Waals surface area contributed by atoms with Crippen LogP contribution in [0.5, 0.6) is 5.75 Å². The molecule has 0 aromatic heterocycles. The molecule has 0 saturated carbocycles. The normalized spacial score (nSPS) is 12.6. The van der Waals surface area contributed by atoms with Crippen molar-refractivity contribution < 1.29 is 9.53 Å². The van der Waals surface area contributed by atoms with Gasteiger partial charge in [0.2, 0.25) is 0 Å². The van der Waals surface area contributed by atoms with Crippen molar-refractivity contribution in [1.82, 2.24) is 0 Å². The van der Waals surface area contributed by atoms with Gasteiger partial charge in [0.1, 0.15) is 12.0 Å². The summed E-state index contributed by atoms with van der Waals surface area (Å²) < 4.78 is 6.37. The molecule has 1 rings (SSSR count). The van der Waals surface area contributed by atoms with Crippen LogP contribution in [0.4, 0.5) is 0 Å². The third-order valence-corrected chi connectivity index (χ3v) is 3.53. The van der Waals surface area contributed by atoms with Gasteiger partial charge < -0.3 is 9.53 Å². The second-order valence-electron chi connectivity index (χ2n) is 4.58. The summed E-state index contributed by atoms with van der Waals surface area (Å²) in [6.45, 7) is 6.34. The van der Waals surface area contributed by atoms with E-state index in [2.05, 4.69) is 42.8 Å². The Morgan fingerprint density at radius 3 is 2.47 bits per heavy atom. The SMILES string of the molecule is COc1c(Br)cc(C(C)CC=O)cc1C(C)C. The predicted octanol–water partition coefficient (Wildman–Crippen LogP) is 4.27. The van der Waals surface area contributed by atoms with Crippen molar-refractivity contribution >= 4 is 22.2 Å². The lowest BCUT2D eigenvalue weighted by Gasteiger charge is -2.18. The van der Waals surface area contributed by atoms with Crippen molar-refractivity contribution in [3.05, 3.63) is 27.7 Å². The quantitative estimate of drug-likeness (QED) is 0.759. The van der Waals surface area contributed by atoms with Crippen LogP contribution in [0.1, 0.15) is 50.2 Å². The maximum absolute atomic E-state index is 10.6. The Labute approximate surface area is 111 Å². The van der Waals surface area contributed by atoms with Gasteiger partial charge in [0.15, 0.2) is 0 Å². The number of methoxy groups -OCH3 is 1. The fourth-order valence-electron chi connectivity index (χ4n) is 1.85. The Balaban J connectivity index is 3.23. The minimum atomic E-state index is 0.243. The zero-order chi connectivity index (χ0) is 13.0. The van der Waals surface area contributed by atoms with E-state index in [1.54, 1.807) is 7.11 Å². The van der Waals surface area contributed by atoms with E-state index in [-0.39, 0.29) is 5.92 Å². The molecule has 0 saturated heterocycles. The first-order chi connectivity index (χ1) is 8.01. The van der Waals surface area contributed by atoms with E-state index in [1.807, 2.05) is 6.07 Å². The van der Waals surface area contributed by atoms with Gasteiger partial charge >= 0.3 is 0 Å². The fraction of sp³-hybridized carbons (Fsp3) is 0.500. The van der Waals surface area contributed by atoms with Crippen LogP contribution in [0, 0.1) is 0 Å². The summed E-state index contributed by atoms with van der Waals surface area (Å²) in [5.41, 5.74) is 2.35. The summed E-state index contributed by atoms with van der Waals surface area (Å²) in [5.74, 6) is 1.53. The number of hydrogen-bond donors (Lipinski definition) is 0. The van der Waals surface area contributed by atoms with Crippen molar-refractivity contribution in [2.75, 3.05) is 7.11 Å². The van der Waals surface area contributed by atoms with Crippen LogP contribution in [-0.2, 0) is 4.79 Å². The van der Waals surface area contributed by atoms with E-state index in [1.165, 1.54) is 11.1 Å². The van der Waals surface area contributed by atoms with E-state index in [0.717, 1.165) is 16.5 Å². The van der Waals surface area contributed by atoms with Crippen molar-refractivity contribution in [3.63, 3.8) is 0 Å². The monoisotopic (exact) mass is 298 g/mol. The van der Waals surface area contributed by atoms with E-state index < -0.39 is 0 Å². The fourth-order valence-corrected chi connectivity index (χ4v) is 2.50. The van der Waals surface area contributed by atoms with E-state index in [9.17, 15) is 4.79 Å². The molecule has 1 aromatic carbocycles. The second kappa shape index (κ2) is 6.20. The van der Waals surface area contributed by atoms with Crippen LogP contribution in [0.15, 0.2) is 16.6 Å². The van der Waals surface area contributed by atoms with Crippen LogP contribution < -0.4 is 4.74 Å². The molecule has 1 atom stereocenters. The number of ether oxygens (including phenoxy) is 1. The summed E-state index contributed by atoms with van der Waals surface area (Å²) in [5, 5.41) is 0. The first-order valence-corrected chi connectivity index (χ1v) is 6.61. The Kier molecular flexibility index (Phi) is 5.19. The van der Waals surface area contributed by atoms with Gasteiger partial charge in [-0.25, -0.2) is 0 Å². The highest BCUT2D eigenvalue weighted by atomic mass is 79.9. The maximum Gasteiger partial charge on any atom is 0.136 e. The molecule has 0 amide bonds. The Morgan fingerprint density at radius 1 is 1.35 bits per heavy atom. The molecular formula is C14H19BrO2. The van der Waals surface area contributed by atoms with Crippen LogP contribution in [0.25, 0.3) is 0 Å². The minimum absolute atomic E-state index is 0.243. The molecule has 1 unspecified atom stereocenters. The minimum Gasteiger partial charge on any atom is -0.495 e. The molecule has 0 heterocycles. The highest BCUT2D eigenvalue weighted by Crippen LogP contribution is 2.37. The molecule has 0 bridgehead atoms. The number of hydrogen-bond acceptors (Lipinski definition) is 2. The molecule has 2 nitrogen and oxygen atoms in total. The van der Waals surface area contributed by atoms with Crippen molar-refractivity contribution in [3.8, 4) is 5.75 Å². The maximum atomic E-state index is 10.6. The van der Waals surface area contributed by atoms with Gasteiger partial charge in [-0.2, -0.15) is 0 Å². The number of halogens is 1. The molecular weight excluding hydrogens is 280 g/mol. The number of carbonyl (C=O) groups excluding carboxylic acids is 1.